The van der Waals surface area contributed by atoms with Crippen LogP contribution in [0.5, 0.6) is 0 Å². The highest BCUT2D eigenvalue weighted by Gasteiger charge is 2.38. The lowest BCUT2D eigenvalue weighted by molar-refractivity contribution is -0.143. The summed E-state index contributed by atoms with van der Waals surface area (Å²) in [6, 6.07) is 21.3. The molecule has 0 saturated carbocycles. The molecule has 1 heterocycles. The SMILES string of the molecule is Cl.FC(F)(F)c1cc(CO[C@H]2CCNC[C@H]2C(c2ccccc2)c2ccccc2)cc(C(F)(F)F)c1. The molecule has 3 aromatic rings. The summed E-state index contributed by atoms with van der Waals surface area (Å²) >= 11 is 0. The Morgan fingerprint density at radius 3 is 1.75 bits per heavy atom. The number of hydrogen-bond acceptors (Lipinski definition) is 2. The van der Waals surface area contributed by atoms with Crippen LogP contribution in [0.3, 0.4) is 0 Å². The zero-order valence-electron chi connectivity index (χ0n) is 19.2. The van der Waals surface area contributed by atoms with Crippen molar-refractivity contribution in [2.75, 3.05) is 13.1 Å². The molecule has 194 valence electrons. The standard InChI is InChI=1S/C27H25F6NO.ClH/c28-26(29,30)21-13-18(14-22(15-21)27(31,32)33)17-35-24-11-12-34-16-23(24)25(19-7-3-1-4-8-19)20-9-5-2-6-10-20;/h1-10,13-15,23-25,34H,11-12,16-17H2;1H/t23-,24+;/m1./s1. The van der Waals surface area contributed by atoms with Gasteiger partial charge in [0.15, 0.2) is 0 Å². The van der Waals surface area contributed by atoms with Crippen molar-refractivity contribution in [1.82, 2.24) is 5.32 Å². The molecule has 1 aliphatic heterocycles. The van der Waals surface area contributed by atoms with Gasteiger partial charge in [0.25, 0.3) is 0 Å². The van der Waals surface area contributed by atoms with Crippen LogP contribution in [0.4, 0.5) is 26.3 Å². The number of alkyl halides is 6. The molecular formula is C27H26ClF6NO. The summed E-state index contributed by atoms with van der Waals surface area (Å²) in [5.74, 6) is -0.121. The maximum absolute atomic E-state index is 13.3. The third-order valence-electron chi connectivity index (χ3n) is 6.32. The summed E-state index contributed by atoms with van der Waals surface area (Å²) < 4.78 is 85.6. The third kappa shape index (κ3) is 6.81. The fourth-order valence-electron chi connectivity index (χ4n) is 4.71. The number of benzene rings is 3. The first-order chi connectivity index (χ1) is 16.6. The molecule has 0 aromatic heterocycles. The normalized spacial score (nSPS) is 18.6. The maximum Gasteiger partial charge on any atom is 0.416 e. The summed E-state index contributed by atoms with van der Waals surface area (Å²) in [6.45, 7) is 0.911. The predicted octanol–water partition coefficient (Wildman–Crippen LogP) is 7.47. The second kappa shape index (κ2) is 11.7. The average molecular weight is 530 g/mol. The van der Waals surface area contributed by atoms with Crippen LogP contribution in [0, 0.1) is 5.92 Å². The van der Waals surface area contributed by atoms with Gasteiger partial charge in [0.05, 0.1) is 23.8 Å². The van der Waals surface area contributed by atoms with Crippen LogP contribution in [0.25, 0.3) is 0 Å². The van der Waals surface area contributed by atoms with E-state index in [9.17, 15) is 26.3 Å². The van der Waals surface area contributed by atoms with Crippen LogP contribution in [-0.2, 0) is 23.7 Å². The van der Waals surface area contributed by atoms with Crippen LogP contribution in [0.1, 0.15) is 40.2 Å². The summed E-state index contributed by atoms with van der Waals surface area (Å²) in [5.41, 5.74) is -0.683. The van der Waals surface area contributed by atoms with Gasteiger partial charge in [-0.15, -0.1) is 12.4 Å². The van der Waals surface area contributed by atoms with Gasteiger partial charge in [0.1, 0.15) is 0 Å². The first kappa shape index (κ1) is 28.0. The number of nitrogens with one attached hydrogen (secondary N) is 1. The van der Waals surface area contributed by atoms with E-state index in [2.05, 4.69) is 5.32 Å². The molecule has 1 aliphatic rings. The fraction of sp³-hybridized carbons (Fsp3) is 0.333. The summed E-state index contributed by atoms with van der Waals surface area (Å²) in [6.07, 6.45) is -9.55. The summed E-state index contributed by atoms with van der Waals surface area (Å²) in [5, 5.41) is 3.36. The van der Waals surface area contributed by atoms with Gasteiger partial charge < -0.3 is 10.1 Å². The van der Waals surface area contributed by atoms with Gasteiger partial charge in [-0.05, 0) is 47.9 Å². The van der Waals surface area contributed by atoms with E-state index in [1.807, 2.05) is 60.7 Å². The smallest absolute Gasteiger partial charge is 0.373 e. The second-order valence-electron chi connectivity index (χ2n) is 8.72. The van der Waals surface area contributed by atoms with E-state index in [0.29, 0.717) is 19.5 Å². The number of rotatable bonds is 6. The zero-order chi connectivity index (χ0) is 25.1. The van der Waals surface area contributed by atoms with E-state index < -0.39 is 23.5 Å². The van der Waals surface area contributed by atoms with Gasteiger partial charge in [-0.25, -0.2) is 0 Å². The topological polar surface area (TPSA) is 21.3 Å². The Morgan fingerprint density at radius 2 is 1.28 bits per heavy atom. The van der Waals surface area contributed by atoms with Crippen molar-refractivity contribution in [2.45, 2.75) is 37.4 Å². The van der Waals surface area contributed by atoms with E-state index in [-0.39, 0.29) is 48.6 Å². The molecule has 0 radical (unpaired) electrons. The molecule has 4 rings (SSSR count). The Morgan fingerprint density at radius 1 is 0.778 bits per heavy atom. The molecule has 0 spiro atoms. The van der Waals surface area contributed by atoms with E-state index in [0.717, 1.165) is 23.3 Å². The van der Waals surface area contributed by atoms with Gasteiger partial charge in [0, 0.05) is 18.4 Å². The highest BCUT2D eigenvalue weighted by Crippen LogP contribution is 2.39. The Labute approximate surface area is 212 Å². The molecule has 1 saturated heterocycles. The van der Waals surface area contributed by atoms with Crippen molar-refractivity contribution >= 4 is 12.4 Å². The predicted molar refractivity (Wildman–Crippen MR) is 128 cm³/mol. The molecule has 0 amide bonds. The number of ether oxygens (including phenoxy) is 1. The Kier molecular flexibility index (Phi) is 9.08. The van der Waals surface area contributed by atoms with Gasteiger partial charge in [0.2, 0.25) is 0 Å². The largest absolute Gasteiger partial charge is 0.416 e. The lowest BCUT2D eigenvalue weighted by atomic mass is 9.76. The van der Waals surface area contributed by atoms with Crippen molar-refractivity contribution in [3.8, 4) is 0 Å². The minimum Gasteiger partial charge on any atom is -0.373 e. The van der Waals surface area contributed by atoms with Crippen LogP contribution in [0.2, 0.25) is 0 Å². The minimum absolute atomic E-state index is 0. The summed E-state index contributed by atoms with van der Waals surface area (Å²) in [4.78, 5) is 0. The van der Waals surface area contributed by atoms with Crippen LogP contribution >= 0.6 is 12.4 Å². The van der Waals surface area contributed by atoms with E-state index in [1.165, 1.54) is 0 Å². The molecule has 1 fully saturated rings. The van der Waals surface area contributed by atoms with E-state index >= 15 is 0 Å². The highest BCUT2D eigenvalue weighted by atomic mass is 35.5. The van der Waals surface area contributed by atoms with Gasteiger partial charge in [-0.2, -0.15) is 26.3 Å². The molecule has 36 heavy (non-hydrogen) atoms. The quantitative estimate of drug-likeness (QED) is 0.334. The van der Waals surface area contributed by atoms with Crippen LogP contribution < -0.4 is 5.32 Å². The third-order valence-corrected chi connectivity index (χ3v) is 6.32. The van der Waals surface area contributed by atoms with Crippen LogP contribution in [0.15, 0.2) is 78.9 Å². The Bertz CT molecular complexity index is 1030. The molecule has 9 heteroatoms. The van der Waals surface area contributed by atoms with Crippen molar-refractivity contribution in [1.29, 1.82) is 0 Å². The molecule has 1 N–H and O–H groups in total. The number of halogens is 7. The second-order valence-corrected chi connectivity index (χ2v) is 8.72. The monoisotopic (exact) mass is 529 g/mol. The van der Waals surface area contributed by atoms with E-state index in [4.69, 9.17) is 4.74 Å². The van der Waals surface area contributed by atoms with Crippen molar-refractivity contribution in [3.05, 3.63) is 107 Å². The minimum atomic E-state index is -4.89. The number of hydrogen-bond donors (Lipinski definition) is 1. The average Bonchev–Trinajstić information content (AvgIpc) is 2.84. The molecule has 0 aliphatic carbocycles. The van der Waals surface area contributed by atoms with Crippen molar-refractivity contribution in [3.63, 3.8) is 0 Å². The zero-order valence-corrected chi connectivity index (χ0v) is 20.0. The highest BCUT2D eigenvalue weighted by molar-refractivity contribution is 5.85. The first-order valence-corrected chi connectivity index (χ1v) is 11.3. The molecule has 0 bridgehead atoms. The molecule has 2 nitrogen and oxygen atoms in total. The van der Waals surface area contributed by atoms with E-state index in [1.54, 1.807) is 0 Å². The molecule has 2 atom stereocenters. The lowest BCUT2D eigenvalue weighted by Crippen LogP contribution is -2.44. The van der Waals surface area contributed by atoms with Gasteiger partial charge in [-0.3, -0.25) is 0 Å². The Balaban J connectivity index is 0.00000361. The first-order valence-electron chi connectivity index (χ1n) is 11.3. The summed E-state index contributed by atoms with van der Waals surface area (Å²) in [7, 11) is 0. The lowest BCUT2D eigenvalue weighted by Gasteiger charge is -2.38. The van der Waals surface area contributed by atoms with Crippen molar-refractivity contribution < 1.29 is 31.1 Å². The van der Waals surface area contributed by atoms with Gasteiger partial charge >= 0.3 is 12.4 Å². The molecule has 3 aromatic carbocycles. The van der Waals surface area contributed by atoms with Crippen LogP contribution in [-0.4, -0.2) is 19.2 Å². The fourth-order valence-corrected chi connectivity index (χ4v) is 4.71. The Hall–Kier alpha value is -2.55. The van der Waals surface area contributed by atoms with Gasteiger partial charge in [-0.1, -0.05) is 60.7 Å². The maximum atomic E-state index is 13.3. The molecular weight excluding hydrogens is 504 g/mol. The van der Waals surface area contributed by atoms with Crippen molar-refractivity contribution in [2.24, 2.45) is 5.92 Å². The molecule has 0 unspecified atom stereocenters. The number of piperidine rings is 1.